The number of nitrogens with zero attached hydrogens (tertiary/aromatic N) is 4. The van der Waals surface area contributed by atoms with E-state index < -0.39 is 33.7 Å². The molecule has 0 atom stereocenters. The van der Waals surface area contributed by atoms with Crippen LogP contribution in [0.25, 0.3) is 16.7 Å². The van der Waals surface area contributed by atoms with E-state index in [-0.39, 0.29) is 20.6 Å². The Kier molecular flexibility index (Phi) is 8.56. The van der Waals surface area contributed by atoms with Gasteiger partial charge in [0.1, 0.15) is 18.0 Å². The summed E-state index contributed by atoms with van der Waals surface area (Å²) in [5.41, 5.74) is 5.82. The van der Waals surface area contributed by atoms with Crippen molar-refractivity contribution in [2.45, 2.75) is 50.7 Å². The van der Waals surface area contributed by atoms with Crippen LogP contribution in [0.1, 0.15) is 34.6 Å². The summed E-state index contributed by atoms with van der Waals surface area (Å²) < 4.78 is 35.9. The van der Waals surface area contributed by atoms with E-state index in [1.165, 1.54) is 18.2 Å². The van der Waals surface area contributed by atoms with Gasteiger partial charge in [-0.25, -0.2) is 8.42 Å². The normalized spacial score (nSPS) is 12.4. The Morgan fingerprint density at radius 3 is 2.27 bits per heavy atom. The van der Waals surface area contributed by atoms with Crippen LogP contribution in [0.4, 0.5) is 11.5 Å². The van der Waals surface area contributed by atoms with Crippen LogP contribution in [0.5, 0.6) is 0 Å². The van der Waals surface area contributed by atoms with Crippen molar-refractivity contribution in [1.82, 2.24) is 14.8 Å². The Bertz CT molecular complexity index is 1660. The van der Waals surface area contributed by atoms with Gasteiger partial charge in [-0.2, -0.15) is 0 Å². The molecule has 0 unspecified atom stereocenters. The third kappa shape index (κ3) is 7.68. The number of halogens is 2. The highest BCUT2D eigenvalue weighted by Gasteiger charge is 2.30. The maximum absolute atomic E-state index is 13.8. The Morgan fingerprint density at radius 1 is 1.00 bits per heavy atom. The van der Waals surface area contributed by atoms with E-state index in [1.54, 1.807) is 51.2 Å². The average molecular weight is 620 g/mol. The van der Waals surface area contributed by atoms with Crippen LogP contribution in [-0.2, 0) is 19.6 Å². The number of aromatic nitrogens is 3. The highest BCUT2D eigenvalue weighted by atomic mass is 35.5. The number of anilines is 2. The molecule has 0 saturated heterocycles. The number of rotatable bonds is 9. The lowest BCUT2D eigenvalue weighted by atomic mass is 10.1. The van der Waals surface area contributed by atoms with E-state index in [2.05, 4.69) is 15.5 Å². The first-order valence-corrected chi connectivity index (χ1v) is 14.9. The number of carbonyl (C=O) groups excluding carboxylic acids is 1. The maximum atomic E-state index is 13.8. The number of esters is 1. The lowest BCUT2D eigenvalue weighted by molar-refractivity contribution is -0.152. The molecular weight excluding hydrogens is 587 g/mol. The number of sulfonamides is 1. The molecule has 0 amide bonds. The molecule has 0 fully saturated rings. The predicted octanol–water partition coefficient (Wildman–Crippen LogP) is 5.41. The van der Waals surface area contributed by atoms with Gasteiger partial charge < -0.3 is 15.8 Å². The Labute approximate surface area is 249 Å². The number of fused-ring (bicyclic) bond motifs is 1. The topological polar surface area (TPSA) is 132 Å². The number of nitrogens with one attached hydrogen (secondary N) is 1. The van der Waals surface area contributed by atoms with E-state index in [9.17, 15) is 13.2 Å². The Hall–Kier alpha value is -3.38. The molecule has 2 aromatic heterocycles. The first kappa shape index (κ1) is 30.6. The first-order chi connectivity index (χ1) is 19.0. The molecule has 4 rings (SSSR count). The minimum atomic E-state index is -4.27. The molecule has 3 N–H and O–H groups in total. The van der Waals surface area contributed by atoms with Crippen LogP contribution in [0.15, 0.2) is 65.7 Å². The second kappa shape index (κ2) is 11.5. The van der Waals surface area contributed by atoms with Crippen molar-refractivity contribution in [3.05, 3.63) is 70.8 Å². The largest absolute Gasteiger partial charge is 0.459 e. The van der Waals surface area contributed by atoms with Crippen molar-refractivity contribution in [3.8, 4) is 5.82 Å². The zero-order valence-electron chi connectivity index (χ0n) is 23.4. The fourth-order valence-corrected chi connectivity index (χ4v) is 6.09. The zero-order chi connectivity index (χ0) is 30.2. The van der Waals surface area contributed by atoms with E-state index in [4.69, 9.17) is 33.7 Å². The highest BCUT2D eigenvalue weighted by Crippen LogP contribution is 2.31. The SMILES string of the molecule is CC(C)(N)CNc1ccc(-n2ccc3cc(N(CC(=O)OC(C)(C)C)S(=O)(=O)c4cc(Cl)cc(Cl)c4)ccc32)nn1. The molecule has 2 heterocycles. The van der Waals surface area contributed by atoms with Crippen LogP contribution in [-0.4, -0.2) is 53.4 Å². The molecule has 0 aliphatic heterocycles. The van der Waals surface area contributed by atoms with Crippen molar-refractivity contribution in [2.75, 3.05) is 22.7 Å². The van der Waals surface area contributed by atoms with Crippen molar-refractivity contribution < 1.29 is 17.9 Å². The van der Waals surface area contributed by atoms with Gasteiger partial charge in [0, 0.05) is 33.7 Å². The van der Waals surface area contributed by atoms with Crippen molar-refractivity contribution >= 4 is 61.6 Å². The number of nitrogens with two attached hydrogens (primary N) is 1. The van der Waals surface area contributed by atoms with Gasteiger partial charge in [-0.3, -0.25) is 13.7 Å². The predicted molar refractivity (Wildman–Crippen MR) is 162 cm³/mol. The number of hydrogen-bond donors (Lipinski definition) is 2. The quantitative estimate of drug-likeness (QED) is 0.238. The van der Waals surface area contributed by atoms with Crippen molar-refractivity contribution in [2.24, 2.45) is 5.73 Å². The smallest absolute Gasteiger partial charge is 0.327 e. The minimum absolute atomic E-state index is 0.148. The monoisotopic (exact) mass is 618 g/mol. The molecular formula is C28H32Cl2N6O4S. The molecule has 0 bridgehead atoms. The number of carbonyl (C=O) groups is 1. The Balaban J connectivity index is 1.70. The number of ether oxygens (including phenoxy) is 1. The van der Waals surface area contributed by atoms with E-state index in [1.807, 2.05) is 30.5 Å². The molecule has 0 radical (unpaired) electrons. The molecule has 2 aromatic carbocycles. The van der Waals surface area contributed by atoms with Gasteiger partial charge in [-0.1, -0.05) is 23.2 Å². The van der Waals surface area contributed by atoms with Gasteiger partial charge in [0.25, 0.3) is 10.0 Å². The zero-order valence-corrected chi connectivity index (χ0v) is 25.7. The molecule has 0 spiro atoms. The number of hydrogen-bond acceptors (Lipinski definition) is 8. The second-order valence-electron chi connectivity index (χ2n) is 11.3. The summed E-state index contributed by atoms with van der Waals surface area (Å²) in [7, 11) is -4.27. The second-order valence-corrected chi connectivity index (χ2v) is 14.0. The van der Waals surface area contributed by atoms with E-state index in [0.29, 0.717) is 23.6 Å². The molecule has 4 aromatic rings. The van der Waals surface area contributed by atoms with Gasteiger partial charge in [0.15, 0.2) is 5.82 Å². The van der Waals surface area contributed by atoms with Crippen LogP contribution >= 0.6 is 23.2 Å². The lowest BCUT2D eigenvalue weighted by Crippen LogP contribution is -2.39. The third-order valence-corrected chi connectivity index (χ3v) is 7.89. The molecule has 0 aliphatic carbocycles. The standard InChI is InChI=1S/C28H32Cl2N6O4S/c1-27(2,3)40-26(37)16-36(41(38,39)22-14-19(29)13-20(30)15-22)21-6-7-23-18(12-21)10-11-35(23)25-9-8-24(33-34-25)32-17-28(4,5)31/h6-15H,16-17,31H2,1-5H3,(H,32,33). The summed E-state index contributed by atoms with van der Waals surface area (Å²) in [6.45, 7) is 8.91. The number of benzene rings is 2. The van der Waals surface area contributed by atoms with Crippen LogP contribution in [0.2, 0.25) is 10.0 Å². The van der Waals surface area contributed by atoms with E-state index in [0.717, 1.165) is 9.82 Å². The summed E-state index contributed by atoms with van der Waals surface area (Å²) in [5.74, 6) is 0.445. The maximum Gasteiger partial charge on any atom is 0.327 e. The summed E-state index contributed by atoms with van der Waals surface area (Å²) in [6.07, 6.45) is 1.80. The average Bonchev–Trinajstić information content (AvgIpc) is 3.27. The molecule has 10 nitrogen and oxygen atoms in total. The van der Waals surface area contributed by atoms with Gasteiger partial charge in [0.05, 0.1) is 16.1 Å². The molecule has 218 valence electrons. The molecule has 0 saturated carbocycles. The summed E-state index contributed by atoms with van der Waals surface area (Å²) in [4.78, 5) is 12.7. The van der Waals surface area contributed by atoms with Crippen molar-refractivity contribution in [1.29, 1.82) is 0 Å². The van der Waals surface area contributed by atoms with E-state index >= 15 is 0 Å². The molecule has 41 heavy (non-hydrogen) atoms. The van der Waals surface area contributed by atoms with Crippen molar-refractivity contribution in [3.63, 3.8) is 0 Å². The van der Waals surface area contributed by atoms with Crippen LogP contribution in [0.3, 0.4) is 0 Å². The van der Waals surface area contributed by atoms with Crippen LogP contribution < -0.4 is 15.4 Å². The van der Waals surface area contributed by atoms with Crippen LogP contribution in [0, 0.1) is 0 Å². The molecule has 0 aliphatic rings. The van der Waals surface area contributed by atoms with Gasteiger partial charge in [-0.05, 0) is 89.2 Å². The fraction of sp³-hybridized carbons (Fsp3) is 0.321. The minimum Gasteiger partial charge on any atom is -0.459 e. The summed E-state index contributed by atoms with van der Waals surface area (Å²) in [5, 5.41) is 12.7. The molecule has 13 heteroatoms. The lowest BCUT2D eigenvalue weighted by Gasteiger charge is -2.26. The highest BCUT2D eigenvalue weighted by molar-refractivity contribution is 7.92. The summed E-state index contributed by atoms with van der Waals surface area (Å²) in [6, 6.07) is 14.5. The van der Waals surface area contributed by atoms with Gasteiger partial charge in [0.2, 0.25) is 0 Å². The summed E-state index contributed by atoms with van der Waals surface area (Å²) >= 11 is 12.2. The van der Waals surface area contributed by atoms with Gasteiger partial charge >= 0.3 is 5.97 Å². The Morgan fingerprint density at radius 2 is 1.68 bits per heavy atom. The van der Waals surface area contributed by atoms with Gasteiger partial charge in [-0.15, -0.1) is 10.2 Å². The third-order valence-electron chi connectivity index (χ3n) is 5.70. The first-order valence-electron chi connectivity index (χ1n) is 12.7. The fourth-order valence-electron chi connectivity index (χ4n) is 3.96.